The fourth-order valence-corrected chi connectivity index (χ4v) is 1.62. The summed E-state index contributed by atoms with van der Waals surface area (Å²) in [5, 5.41) is 7.33. The standard InChI is InChI=1S/C9H16N4O/c1-2-9(6-10-3-1)14-5-4-13-8-11-7-12-13/h7-10H,1-6H2. The number of hydrogen-bond acceptors (Lipinski definition) is 4. The van der Waals surface area contributed by atoms with Gasteiger partial charge in [0, 0.05) is 6.54 Å². The van der Waals surface area contributed by atoms with E-state index in [1.54, 1.807) is 17.3 Å². The predicted molar refractivity (Wildman–Crippen MR) is 51.9 cm³/mol. The van der Waals surface area contributed by atoms with Crippen LogP contribution < -0.4 is 5.32 Å². The second kappa shape index (κ2) is 5.07. The van der Waals surface area contributed by atoms with Crippen molar-refractivity contribution in [2.75, 3.05) is 19.7 Å². The Morgan fingerprint density at radius 3 is 3.29 bits per heavy atom. The van der Waals surface area contributed by atoms with Gasteiger partial charge in [0.2, 0.25) is 0 Å². The zero-order chi connectivity index (χ0) is 9.64. The average molecular weight is 196 g/mol. The molecule has 2 rings (SSSR count). The van der Waals surface area contributed by atoms with Crippen LogP contribution >= 0.6 is 0 Å². The van der Waals surface area contributed by atoms with Crippen LogP contribution in [0.25, 0.3) is 0 Å². The molecule has 5 nitrogen and oxygen atoms in total. The van der Waals surface area contributed by atoms with Gasteiger partial charge in [0.1, 0.15) is 12.7 Å². The second-order valence-corrected chi connectivity index (χ2v) is 3.50. The third-order valence-electron chi connectivity index (χ3n) is 2.39. The van der Waals surface area contributed by atoms with Crippen LogP contribution in [0, 0.1) is 0 Å². The molecule has 1 aromatic rings. The van der Waals surface area contributed by atoms with Crippen LogP contribution in [-0.2, 0) is 11.3 Å². The molecule has 14 heavy (non-hydrogen) atoms. The molecule has 1 aliphatic rings. The lowest BCUT2D eigenvalue weighted by Gasteiger charge is -2.22. The van der Waals surface area contributed by atoms with E-state index in [4.69, 9.17) is 4.74 Å². The predicted octanol–water partition coefficient (Wildman–Crippen LogP) is 0.0467. The summed E-state index contributed by atoms with van der Waals surface area (Å²) in [4.78, 5) is 3.87. The van der Waals surface area contributed by atoms with Crippen molar-refractivity contribution < 1.29 is 4.74 Å². The zero-order valence-corrected chi connectivity index (χ0v) is 8.22. The minimum Gasteiger partial charge on any atom is -0.375 e. The smallest absolute Gasteiger partial charge is 0.137 e. The summed E-state index contributed by atoms with van der Waals surface area (Å²) in [5.41, 5.74) is 0. The summed E-state index contributed by atoms with van der Waals surface area (Å²) in [6.45, 7) is 3.62. The van der Waals surface area contributed by atoms with Gasteiger partial charge in [-0.2, -0.15) is 5.10 Å². The second-order valence-electron chi connectivity index (χ2n) is 3.50. The van der Waals surface area contributed by atoms with Gasteiger partial charge in [-0.05, 0) is 19.4 Å². The first kappa shape index (κ1) is 9.61. The van der Waals surface area contributed by atoms with Crippen molar-refractivity contribution >= 4 is 0 Å². The molecule has 1 atom stereocenters. The quantitative estimate of drug-likeness (QED) is 0.739. The Balaban J connectivity index is 1.62. The molecule has 0 spiro atoms. The van der Waals surface area contributed by atoms with Gasteiger partial charge < -0.3 is 10.1 Å². The molecular weight excluding hydrogens is 180 g/mol. The minimum atomic E-state index is 0.382. The van der Waals surface area contributed by atoms with Crippen molar-refractivity contribution in [3.05, 3.63) is 12.7 Å². The van der Waals surface area contributed by atoms with Crippen LogP contribution in [0.2, 0.25) is 0 Å². The Morgan fingerprint density at radius 1 is 1.57 bits per heavy atom. The third kappa shape index (κ3) is 2.78. The van der Waals surface area contributed by atoms with E-state index in [9.17, 15) is 0 Å². The topological polar surface area (TPSA) is 52.0 Å². The molecule has 1 saturated heterocycles. The maximum Gasteiger partial charge on any atom is 0.137 e. The van der Waals surface area contributed by atoms with Crippen LogP contribution in [0.5, 0.6) is 0 Å². The van der Waals surface area contributed by atoms with Gasteiger partial charge >= 0.3 is 0 Å². The van der Waals surface area contributed by atoms with Crippen LogP contribution in [0.15, 0.2) is 12.7 Å². The van der Waals surface area contributed by atoms with E-state index < -0.39 is 0 Å². The van der Waals surface area contributed by atoms with E-state index >= 15 is 0 Å². The van der Waals surface area contributed by atoms with Gasteiger partial charge in [-0.15, -0.1) is 0 Å². The molecule has 0 aromatic carbocycles. The van der Waals surface area contributed by atoms with E-state index in [-0.39, 0.29) is 0 Å². The Kier molecular flexibility index (Phi) is 3.48. The summed E-state index contributed by atoms with van der Waals surface area (Å²) in [5.74, 6) is 0. The van der Waals surface area contributed by atoms with E-state index in [0.717, 1.165) is 26.2 Å². The molecule has 1 aliphatic heterocycles. The van der Waals surface area contributed by atoms with Gasteiger partial charge in [-0.25, -0.2) is 4.98 Å². The lowest BCUT2D eigenvalue weighted by atomic mass is 10.1. The number of hydrogen-bond donors (Lipinski definition) is 1. The molecule has 0 radical (unpaired) electrons. The summed E-state index contributed by atoms with van der Waals surface area (Å²) in [6, 6.07) is 0. The Morgan fingerprint density at radius 2 is 2.57 bits per heavy atom. The molecule has 0 saturated carbocycles. The van der Waals surface area contributed by atoms with Crippen molar-refractivity contribution in [2.45, 2.75) is 25.5 Å². The number of nitrogens with zero attached hydrogens (tertiary/aromatic N) is 3. The zero-order valence-electron chi connectivity index (χ0n) is 8.22. The van der Waals surface area contributed by atoms with E-state index in [1.165, 1.54) is 12.8 Å². The average Bonchev–Trinajstić information content (AvgIpc) is 2.72. The summed E-state index contributed by atoms with van der Waals surface area (Å²) in [7, 11) is 0. The molecule has 1 aromatic heterocycles. The highest BCUT2D eigenvalue weighted by molar-refractivity contribution is 4.68. The molecule has 5 heteroatoms. The number of aromatic nitrogens is 3. The lowest BCUT2D eigenvalue weighted by Crippen LogP contribution is -2.35. The number of piperidine rings is 1. The van der Waals surface area contributed by atoms with Crippen molar-refractivity contribution in [3.8, 4) is 0 Å². The van der Waals surface area contributed by atoms with Crippen molar-refractivity contribution in [2.24, 2.45) is 0 Å². The molecule has 1 fully saturated rings. The largest absolute Gasteiger partial charge is 0.375 e. The summed E-state index contributed by atoms with van der Waals surface area (Å²) in [6.07, 6.45) is 6.02. The fraction of sp³-hybridized carbons (Fsp3) is 0.778. The Labute approximate surface area is 83.5 Å². The van der Waals surface area contributed by atoms with Crippen LogP contribution in [0.1, 0.15) is 12.8 Å². The lowest BCUT2D eigenvalue weighted by molar-refractivity contribution is 0.0311. The van der Waals surface area contributed by atoms with Crippen LogP contribution in [0.4, 0.5) is 0 Å². The van der Waals surface area contributed by atoms with Gasteiger partial charge in [0.05, 0.1) is 19.3 Å². The fourth-order valence-electron chi connectivity index (χ4n) is 1.62. The Hall–Kier alpha value is -0.940. The van der Waals surface area contributed by atoms with Gasteiger partial charge in [-0.1, -0.05) is 0 Å². The molecule has 0 amide bonds. The first-order valence-electron chi connectivity index (χ1n) is 5.10. The maximum absolute atomic E-state index is 5.71. The first-order chi connectivity index (χ1) is 6.95. The van der Waals surface area contributed by atoms with E-state index in [2.05, 4.69) is 15.4 Å². The highest BCUT2D eigenvalue weighted by atomic mass is 16.5. The van der Waals surface area contributed by atoms with Gasteiger partial charge in [0.25, 0.3) is 0 Å². The molecule has 1 unspecified atom stereocenters. The monoisotopic (exact) mass is 196 g/mol. The van der Waals surface area contributed by atoms with E-state index in [0.29, 0.717) is 6.10 Å². The SMILES string of the molecule is c1ncn(CCOC2CCCNC2)n1. The maximum atomic E-state index is 5.71. The summed E-state index contributed by atoms with van der Waals surface area (Å²) >= 11 is 0. The van der Waals surface area contributed by atoms with Crippen molar-refractivity contribution in [3.63, 3.8) is 0 Å². The van der Waals surface area contributed by atoms with Crippen molar-refractivity contribution in [1.82, 2.24) is 20.1 Å². The summed E-state index contributed by atoms with van der Waals surface area (Å²) < 4.78 is 7.49. The molecular formula is C9H16N4O. The molecule has 0 aliphatic carbocycles. The third-order valence-corrected chi connectivity index (χ3v) is 2.39. The van der Waals surface area contributed by atoms with Gasteiger partial charge in [0.15, 0.2) is 0 Å². The molecule has 2 heterocycles. The van der Waals surface area contributed by atoms with Crippen molar-refractivity contribution in [1.29, 1.82) is 0 Å². The number of rotatable bonds is 4. The highest BCUT2D eigenvalue weighted by Crippen LogP contribution is 2.05. The van der Waals surface area contributed by atoms with E-state index in [1.807, 2.05) is 0 Å². The molecule has 0 bridgehead atoms. The highest BCUT2D eigenvalue weighted by Gasteiger charge is 2.12. The van der Waals surface area contributed by atoms with Crippen LogP contribution in [-0.4, -0.2) is 40.6 Å². The number of ether oxygens (including phenoxy) is 1. The normalized spacial score (nSPS) is 22.4. The first-order valence-corrected chi connectivity index (χ1v) is 5.10. The van der Waals surface area contributed by atoms with Gasteiger partial charge in [-0.3, -0.25) is 4.68 Å². The molecule has 1 N–H and O–H groups in total. The Bertz CT molecular complexity index is 243. The minimum absolute atomic E-state index is 0.382. The number of nitrogens with one attached hydrogen (secondary N) is 1. The van der Waals surface area contributed by atoms with Crippen LogP contribution in [0.3, 0.4) is 0 Å². The molecule has 78 valence electrons.